The highest BCUT2D eigenvalue weighted by atomic mass is 16.5. The second-order valence-corrected chi connectivity index (χ2v) is 17.7. The zero-order valence-electron chi connectivity index (χ0n) is 35.9. The highest BCUT2D eigenvalue weighted by Crippen LogP contribution is 2.58. The van der Waals surface area contributed by atoms with Crippen LogP contribution in [0.4, 0.5) is 10.5 Å². The molecule has 61 heavy (non-hydrogen) atoms. The Kier molecular flexibility index (Phi) is 11.1. The molecule has 1 spiro atoms. The Bertz CT molecular complexity index is 2280. The van der Waals surface area contributed by atoms with Crippen molar-refractivity contribution in [3.63, 3.8) is 0 Å². The molecule has 0 bridgehead atoms. The van der Waals surface area contributed by atoms with Crippen molar-refractivity contribution < 1.29 is 28.7 Å². The van der Waals surface area contributed by atoms with E-state index in [2.05, 4.69) is 49.6 Å². The lowest BCUT2D eigenvalue weighted by molar-refractivity contribution is -0.137. The number of pyridine rings is 1. The third-order valence-corrected chi connectivity index (χ3v) is 14.3. The van der Waals surface area contributed by atoms with E-state index in [0.717, 1.165) is 123 Å². The van der Waals surface area contributed by atoms with E-state index in [1.54, 1.807) is 42.7 Å². The number of rotatable bonds is 10. The predicted octanol–water partition coefficient (Wildman–Crippen LogP) is 3.44. The normalized spacial score (nSPS) is 21.7. The van der Waals surface area contributed by atoms with E-state index in [1.807, 2.05) is 12.3 Å². The van der Waals surface area contributed by atoms with Crippen molar-refractivity contribution >= 4 is 29.4 Å². The van der Waals surface area contributed by atoms with Gasteiger partial charge in [0.05, 0.1) is 31.9 Å². The summed E-state index contributed by atoms with van der Waals surface area (Å²) in [6.45, 7) is 8.47. The van der Waals surface area contributed by atoms with Crippen LogP contribution in [-0.4, -0.2) is 128 Å². The summed E-state index contributed by atoms with van der Waals surface area (Å²) in [5.41, 5.74) is 6.87. The molecule has 1 saturated carbocycles. The van der Waals surface area contributed by atoms with Crippen molar-refractivity contribution in [2.75, 3.05) is 78.5 Å². The first-order chi connectivity index (χ1) is 29.5. The van der Waals surface area contributed by atoms with Crippen molar-refractivity contribution in [3.05, 3.63) is 74.7 Å². The number of carbonyl (C=O) groups excluding carboxylic acids is 4. The third kappa shape index (κ3) is 7.53. The number of likely N-dealkylation sites (tertiary alicyclic amines) is 1. The monoisotopic (exact) mass is 834 g/mol. The Hall–Kier alpha value is -5.41. The molecule has 0 radical (unpaired) electrons. The number of hydrogen-bond donors (Lipinski definition) is 2. The van der Waals surface area contributed by atoms with Gasteiger partial charge in [-0.2, -0.15) is 0 Å². The lowest BCUT2D eigenvalue weighted by Gasteiger charge is -2.38. The molecule has 15 nitrogen and oxygen atoms in total. The number of nitrogens with one attached hydrogen (secondary N) is 2. The number of hydrogen-bond acceptors (Lipinski definition) is 10. The molecule has 1 aromatic heterocycles. The minimum absolute atomic E-state index is 0.0879. The number of fused-ring (bicyclic) bond motifs is 3. The number of aromatic nitrogens is 1. The van der Waals surface area contributed by atoms with Gasteiger partial charge in [-0.05, 0) is 118 Å². The molecule has 3 aromatic rings. The summed E-state index contributed by atoms with van der Waals surface area (Å²) >= 11 is 0. The molecule has 1 unspecified atom stereocenters. The van der Waals surface area contributed by atoms with E-state index < -0.39 is 11.6 Å². The van der Waals surface area contributed by atoms with E-state index >= 15 is 0 Å². The second kappa shape index (κ2) is 16.5. The van der Waals surface area contributed by atoms with Gasteiger partial charge in [0.2, 0.25) is 11.8 Å². The van der Waals surface area contributed by atoms with Gasteiger partial charge in [0.1, 0.15) is 17.5 Å². The summed E-state index contributed by atoms with van der Waals surface area (Å²) < 4.78 is 13.6. The van der Waals surface area contributed by atoms with Crippen LogP contribution in [0.2, 0.25) is 0 Å². The van der Waals surface area contributed by atoms with Crippen molar-refractivity contribution in [3.8, 4) is 22.6 Å². The van der Waals surface area contributed by atoms with E-state index in [9.17, 15) is 24.0 Å². The SMILES string of the molecule is CNC(=O)N1CCc2c(-c3cc(OC)c(CN4CCC(CCN5CCN(c6ccc7c(c6)C6(CC6)N(C6CCC(=O)NC6=O)C7=O)CC5)CC4)c(OC)c3)cn(C)c(=O)c2C1. The Labute approximate surface area is 356 Å². The van der Waals surface area contributed by atoms with Crippen LogP contribution in [-0.2, 0) is 41.7 Å². The minimum Gasteiger partial charge on any atom is -0.496 e. The molecule has 6 aliphatic rings. The highest BCUT2D eigenvalue weighted by molar-refractivity contribution is 6.07. The number of amides is 5. The van der Waals surface area contributed by atoms with Crippen molar-refractivity contribution in [1.29, 1.82) is 0 Å². The van der Waals surface area contributed by atoms with Crippen LogP contribution in [0.1, 0.15) is 77.6 Å². The van der Waals surface area contributed by atoms with Gasteiger partial charge in [-0.15, -0.1) is 0 Å². The Balaban J connectivity index is 0.781. The Morgan fingerprint density at radius 2 is 1.57 bits per heavy atom. The maximum Gasteiger partial charge on any atom is 0.317 e. The molecule has 3 saturated heterocycles. The average Bonchev–Trinajstić information content (AvgIpc) is 4.05. The van der Waals surface area contributed by atoms with Gasteiger partial charge in [-0.3, -0.25) is 34.3 Å². The maximum absolute atomic E-state index is 13.6. The summed E-state index contributed by atoms with van der Waals surface area (Å²) in [6.07, 6.45) is 8.27. The topological polar surface area (TPSA) is 149 Å². The molecule has 1 atom stereocenters. The van der Waals surface area contributed by atoms with Gasteiger partial charge < -0.3 is 34.1 Å². The number of nitrogens with zero attached hydrogens (tertiary/aromatic N) is 6. The van der Waals surface area contributed by atoms with Crippen LogP contribution in [0.15, 0.2) is 41.3 Å². The molecule has 4 fully saturated rings. The zero-order valence-corrected chi connectivity index (χ0v) is 35.9. The van der Waals surface area contributed by atoms with E-state index in [-0.39, 0.29) is 42.3 Å². The number of imide groups is 1. The predicted molar refractivity (Wildman–Crippen MR) is 230 cm³/mol. The molecule has 15 heteroatoms. The van der Waals surface area contributed by atoms with Crippen LogP contribution in [0.25, 0.3) is 11.1 Å². The van der Waals surface area contributed by atoms with Crippen molar-refractivity contribution in [1.82, 2.24) is 34.8 Å². The number of piperazine rings is 1. The molecule has 5 aliphatic heterocycles. The van der Waals surface area contributed by atoms with Crippen LogP contribution < -0.4 is 30.6 Å². The summed E-state index contributed by atoms with van der Waals surface area (Å²) in [6, 6.07) is 9.54. The number of carbonyl (C=O) groups is 4. The fourth-order valence-electron chi connectivity index (χ4n) is 10.7. The number of urea groups is 1. The molecule has 324 valence electrons. The van der Waals surface area contributed by atoms with Gasteiger partial charge in [0.15, 0.2) is 0 Å². The minimum atomic E-state index is -0.595. The van der Waals surface area contributed by atoms with Crippen molar-refractivity contribution in [2.45, 2.75) is 76.0 Å². The molecule has 6 heterocycles. The lowest BCUT2D eigenvalue weighted by Crippen LogP contribution is -2.55. The fourth-order valence-corrected chi connectivity index (χ4v) is 10.7. The van der Waals surface area contributed by atoms with Gasteiger partial charge in [-0.25, -0.2) is 4.79 Å². The largest absolute Gasteiger partial charge is 0.496 e. The molecular formula is C46H58N8O7. The Morgan fingerprint density at radius 3 is 2.23 bits per heavy atom. The summed E-state index contributed by atoms with van der Waals surface area (Å²) in [4.78, 5) is 74.8. The zero-order chi connectivity index (χ0) is 42.6. The summed E-state index contributed by atoms with van der Waals surface area (Å²) in [5, 5.41) is 5.12. The first-order valence-corrected chi connectivity index (χ1v) is 22.0. The van der Waals surface area contributed by atoms with Crippen LogP contribution in [0.3, 0.4) is 0 Å². The first-order valence-electron chi connectivity index (χ1n) is 22.0. The Morgan fingerprint density at radius 1 is 0.852 bits per heavy atom. The standard InChI is InChI=1S/C46H58N8O7/c1-47-45(59)53-18-12-32-34(26-49(2)43(57)35(32)28-53)30-23-39(60-3)36(40(24-30)61-4)27-51-16-10-29(11-17-51)9-15-50-19-21-52(22-20-50)31-5-6-33-37(25-31)46(13-14-46)54(44(33)58)38-7-8-41(55)48-42(38)56/h5-6,23-26,29,38H,7-22,27-28H2,1-4H3,(H,47,59)(H,48,55,56). The number of anilines is 1. The van der Waals surface area contributed by atoms with E-state index in [0.29, 0.717) is 36.4 Å². The van der Waals surface area contributed by atoms with Crippen LogP contribution >= 0.6 is 0 Å². The van der Waals surface area contributed by atoms with Crippen LogP contribution in [0.5, 0.6) is 11.5 Å². The van der Waals surface area contributed by atoms with Crippen LogP contribution in [0, 0.1) is 5.92 Å². The summed E-state index contributed by atoms with van der Waals surface area (Å²) in [5.74, 6) is 1.48. The maximum atomic E-state index is 13.6. The van der Waals surface area contributed by atoms with Crippen molar-refractivity contribution in [2.24, 2.45) is 13.0 Å². The number of aryl methyl sites for hydroxylation is 1. The first kappa shape index (κ1) is 41.0. The molecule has 2 aromatic carbocycles. The van der Waals surface area contributed by atoms with Gasteiger partial charge in [0, 0.05) is 88.4 Å². The molecule has 9 rings (SSSR count). The second-order valence-electron chi connectivity index (χ2n) is 17.7. The number of methoxy groups -OCH3 is 2. The smallest absolute Gasteiger partial charge is 0.317 e. The van der Waals surface area contributed by atoms with Gasteiger partial charge in [-0.1, -0.05) is 0 Å². The molecular weight excluding hydrogens is 777 g/mol. The summed E-state index contributed by atoms with van der Waals surface area (Å²) in [7, 11) is 6.75. The molecule has 1 aliphatic carbocycles. The van der Waals surface area contributed by atoms with E-state index in [4.69, 9.17) is 9.47 Å². The lowest BCUT2D eigenvalue weighted by atomic mass is 9.91. The fraction of sp³-hybridized carbons (Fsp3) is 0.543. The van der Waals surface area contributed by atoms with Gasteiger partial charge >= 0.3 is 6.03 Å². The highest BCUT2D eigenvalue weighted by Gasteiger charge is 2.61. The number of piperidine rings is 2. The molecule has 5 amide bonds. The quantitative estimate of drug-likeness (QED) is 0.291. The number of benzene rings is 2. The number of ether oxygens (including phenoxy) is 2. The average molecular weight is 835 g/mol. The van der Waals surface area contributed by atoms with Gasteiger partial charge in [0.25, 0.3) is 11.5 Å². The third-order valence-electron chi connectivity index (χ3n) is 14.3. The van der Waals surface area contributed by atoms with E-state index in [1.165, 1.54) is 6.42 Å². The molecule has 2 N–H and O–H groups in total.